The van der Waals surface area contributed by atoms with E-state index in [0.29, 0.717) is 19.1 Å². The first-order valence-corrected chi connectivity index (χ1v) is 5.20. The van der Waals surface area contributed by atoms with Crippen LogP contribution in [0.3, 0.4) is 0 Å². The van der Waals surface area contributed by atoms with Gasteiger partial charge in [-0.25, -0.2) is 0 Å². The van der Waals surface area contributed by atoms with Crippen LogP contribution in [0.1, 0.15) is 13.3 Å². The molecule has 4 nitrogen and oxygen atoms in total. The van der Waals surface area contributed by atoms with Gasteiger partial charge in [-0.2, -0.15) is 0 Å². The second kappa shape index (κ2) is 9.24. The van der Waals surface area contributed by atoms with Crippen LogP contribution in [0.2, 0.25) is 0 Å². The summed E-state index contributed by atoms with van der Waals surface area (Å²) in [6.07, 6.45) is 0.827. The fourth-order valence-corrected chi connectivity index (χ4v) is 1.12. The standard InChI is InChI=1S/C9H18ClNO3/c1-3-8(6-10)11-9(12)7-14-5-4-13-2/h8H,3-7H2,1-2H3,(H,11,12). The molecule has 0 aromatic heterocycles. The Labute approximate surface area is 89.9 Å². The number of methoxy groups -OCH3 is 1. The van der Waals surface area contributed by atoms with Crippen molar-refractivity contribution in [2.24, 2.45) is 0 Å². The molecule has 0 rings (SSSR count). The summed E-state index contributed by atoms with van der Waals surface area (Å²) in [5.41, 5.74) is 0. The number of rotatable bonds is 8. The monoisotopic (exact) mass is 223 g/mol. The fourth-order valence-electron chi connectivity index (χ4n) is 0.826. The number of nitrogens with one attached hydrogen (secondary N) is 1. The molecule has 0 aliphatic rings. The molecule has 0 saturated carbocycles. The molecule has 14 heavy (non-hydrogen) atoms. The van der Waals surface area contributed by atoms with Gasteiger partial charge in [-0.1, -0.05) is 6.92 Å². The zero-order valence-electron chi connectivity index (χ0n) is 8.72. The van der Waals surface area contributed by atoms with Crippen LogP contribution in [0.25, 0.3) is 0 Å². The Morgan fingerprint density at radius 1 is 1.50 bits per heavy atom. The normalized spacial score (nSPS) is 12.5. The number of carbonyl (C=O) groups excluding carboxylic acids is 1. The van der Waals surface area contributed by atoms with Crippen molar-refractivity contribution in [3.8, 4) is 0 Å². The van der Waals surface area contributed by atoms with E-state index in [4.69, 9.17) is 21.1 Å². The van der Waals surface area contributed by atoms with Gasteiger partial charge < -0.3 is 14.8 Å². The number of amides is 1. The maximum absolute atomic E-state index is 11.2. The lowest BCUT2D eigenvalue weighted by atomic mass is 10.2. The van der Waals surface area contributed by atoms with E-state index in [1.807, 2.05) is 6.92 Å². The van der Waals surface area contributed by atoms with Crippen LogP contribution < -0.4 is 5.32 Å². The first-order chi connectivity index (χ1) is 6.74. The Balaban J connectivity index is 3.44. The topological polar surface area (TPSA) is 47.6 Å². The quantitative estimate of drug-likeness (QED) is 0.489. The van der Waals surface area contributed by atoms with Crippen molar-refractivity contribution in [2.75, 3.05) is 32.8 Å². The van der Waals surface area contributed by atoms with E-state index in [0.717, 1.165) is 6.42 Å². The number of hydrogen-bond acceptors (Lipinski definition) is 3. The van der Waals surface area contributed by atoms with E-state index in [1.165, 1.54) is 0 Å². The van der Waals surface area contributed by atoms with Gasteiger partial charge in [-0.15, -0.1) is 11.6 Å². The molecule has 0 bridgehead atoms. The third kappa shape index (κ3) is 7.12. The van der Waals surface area contributed by atoms with Crippen molar-refractivity contribution in [3.05, 3.63) is 0 Å². The summed E-state index contributed by atoms with van der Waals surface area (Å²) < 4.78 is 9.81. The van der Waals surface area contributed by atoms with E-state index in [2.05, 4.69) is 5.32 Å². The summed E-state index contributed by atoms with van der Waals surface area (Å²) in [6.45, 7) is 2.97. The Kier molecular flexibility index (Phi) is 9.03. The highest BCUT2D eigenvalue weighted by Crippen LogP contribution is 1.93. The third-order valence-electron chi connectivity index (χ3n) is 1.71. The molecule has 1 N–H and O–H groups in total. The molecule has 0 aliphatic carbocycles. The van der Waals surface area contributed by atoms with Crippen LogP contribution in [0.5, 0.6) is 0 Å². The first kappa shape index (κ1) is 13.7. The van der Waals surface area contributed by atoms with E-state index < -0.39 is 0 Å². The van der Waals surface area contributed by atoms with Crippen molar-refractivity contribution in [2.45, 2.75) is 19.4 Å². The lowest BCUT2D eigenvalue weighted by Crippen LogP contribution is -2.38. The van der Waals surface area contributed by atoms with Crippen LogP contribution >= 0.6 is 11.6 Å². The number of alkyl halides is 1. The Hall–Kier alpha value is -0.320. The molecule has 5 heteroatoms. The van der Waals surface area contributed by atoms with Crippen molar-refractivity contribution in [1.29, 1.82) is 0 Å². The highest BCUT2D eigenvalue weighted by Gasteiger charge is 2.08. The minimum atomic E-state index is -0.131. The smallest absolute Gasteiger partial charge is 0.246 e. The van der Waals surface area contributed by atoms with Gasteiger partial charge in [0.2, 0.25) is 5.91 Å². The Morgan fingerprint density at radius 3 is 2.71 bits per heavy atom. The predicted molar refractivity (Wildman–Crippen MR) is 55.6 cm³/mol. The summed E-state index contributed by atoms with van der Waals surface area (Å²) in [5, 5.41) is 2.76. The number of halogens is 1. The van der Waals surface area contributed by atoms with Crippen molar-refractivity contribution < 1.29 is 14.3 Å². The maximum atomic E-state index is 11.2. The number of ether oxygens (including phenoxy) is 2. The van der Waals surface area contributed by atoms with E-state index >= 15 is 0 Å². The SMILES string of the molecule is CCC(CCl)NC(=O)COCCOC. The Morgan fingerprint density at radius 2 is 2.21 bits per heavy atom. The average molecular weight is 224 g/mol. The fraction of sp³-hybridized carbons (Fsp3) is 0.889. The summed E-state index contributed by atoms with van der Waals surface area (Å²) in [4.78, 5) is 11.2. The first-order valence-electron chi connectivity index (χ1n) is 4.66. The van der Waals surface area contributed by atoms with E-state index in [1.54, 1.807) is 7.11 Å². The summed E-state index contributed by atoms with van der Waals surface area (Å²) in [5.74, 6) is 0.300. The van der Waals surface area contributed by atoms with Gasteiger partial charge in [0.15, 0.2) is 0 Å². The van der Waals surface area contributed by atoms with Crippen LogP contribution in [0.15, 0.2) is 0 Å². The van der Waals surface area contributed by atoms with Crippen LogP contribution in [0, 0.1) is 0 Å². The molecule has 0 radical (unpaired) electrons. The second-order valence-corrected chi connectivity index (χ2v) is 3.18. The van der Waals surface area contributed by atoms with Gasteiger partial charge in [-0.05, 0) is 6.42 Å². The zero-order valence-corrected chi connectivity index (χ0v) is 9.47. The minimum Gasteiger partial charge on any atom is -0.382 e. The molecule has 0 spiro atoms. The largest absolute Gasteiger partial charge is 0.382 e. The molecular formula is C9H18ClNO3. The zero-order chi connectivity index (χ0) is 10.8. The second-order valence-electron chi connectivity index (χ2n) is 2.87. The van der Waals surface area contributed by atoms with Gasteiger partial charge in [0.05, 0.1) is 13.2 Å². The van der Waals surface area contributed by atoms with Gasteiger partial charge in [0.25, 0.3) is 0 Å². The number of hydrogen-bond donors (Lipinski definition) is 1. The van der Waals surface area contributed by atoms with Gasteiger partial charge in [0, 0.05) is 19.0 Å². The van der Waals surface area contributed by atoms with Gasteiger partial charge in [-0.3, -0.25) is 4.79 Å². The third-order valence-corrected chi connectivity index (χ3v) is 2.08. The molecule has 1 atom stereocenters. The van der Waals surface area contributed by atoms with Crippen molar-refractivity contribution in [3.63, 3.8) is 0 Å². The lowest BCUT2D eigenvalue weighted by Gasteiger charge is -2.13. The van der Waals surface area contributed by atoms with Crippen LogP contribution in [0.4, 0.5) is 0 Å². The summed E-state index contributed by atoms with van der Waals surface area (Å²) >= 11 is 5.62. The van der Waals surface area contributed by atoms with Crippen LogP contribution in [-0.2, 0) is 14.3 Å². The highest BCUT2D eigenvalue weighted by molar-refractivity contribution is 6.18. The molecule has 1 amide bonds. The number of carbonyl (C=O) groups is 1. The molecule has 0 aromatic rings. The Bertz CT molecular complexity index is 151. The van der Waals surface area contributed by atoms with Crippen molar-refractivity contribution >= 4 is 17.5 Å². The van der Waals surface area contributed by atoms with Crippen LogP contribution in [-0.4, -0.2) is 44.8 Å². The minimum absolute atomic E-state index is 0.0372. The molecule has 1 unspecified atom stereocenters. The molecule has 0 saturated heterocycles. The molecule has 0 fully saturated rings. The average Bonchev–Trinajstić information content (AvgIpc) is 2.21. The predicted octanol–water partition coefficient (Wildman–Crippen LogP) is 0.783. The lowest BCUT2D eigenvalue weighted by molar-refractivity contribution is -0.126. The summed E-state index contributed by atoms with van der Waals surface area (Å²) in [6, 6.07) is 0.0372. The molecular weight excluding hydrogens is 206 g/mol. The summed E-state index contributed by atoms with van der Waals surface area (Å²) in [7, 11) is 1.59. The molecule has 84 valence electrons. The van der Waals surface area contributed by atoms with E-state index in [-0.39, 0.29) is 18.6 Å². The van der Waals surface area contributed by atoms with Crippen molar-refractivity contribution in [1.82, 2.24) is 5.32 Å². The highest BCUT2D eigenvalue weighted by atomic mass is 35.5. The molecule has 0 heterocycles. The van der Waals surface area contributed by atoms with E-state index in [9.17, 15) is 4.79 Å². The molecule has 0 aromatic carbocycles. The molecule has 0 aliphatic heterocycles. The maximum Gasteiger partial charge on any atom is 0.246 e. The van der Waals surface area contributed by atoms with Gasteiger partial charge in [0.1, 0.15) is 6.61 Å². The van der Waals surface area contributed by atoms with Gasteiger partial charge >= 0.3 is 0 Å².